The monoisotopic (exact) mass is 779 g/mol. The fourth-order valence-electron chi connectivity index (χ4n) is 6.72. The molecule has 3 unspecified atom stereocenters. The lowest BCUT2D eigenvalue weighted by Crippen LogP contribution is -2.28. The number of carbonyl (C=O) groups is 4. The van der Waals surface area contributed by atoms with Gasteiger partial charge < -0.3 is 26.1 Å². The number of alkyl halides is 1. The summed E-state index contributed by atoms with van der Waals surface area (Å²) in [6.45, 7) is 2.45. The molecule has 2 aromatic carbocycles. The Morgan fingerprint density at radius 3 is 2.54 bits per heavy atom. The third-order valence-electron chi connectivity index (χ3n) is 9.86. The van der Waals surface area contributed by atoms with Crippen LogP contribution in [0, 0.1) is 0 Å². The fraction of sp³-hybridized carbons (Fsp3) is 0.350. The highest BCUT2D eigenvalue weighted by Gasteiger charge is 2.39. The first-order chi connectivity index (χ1) is 27.6. The molecule has 17 heteroatoms. The zero-order chi connectivity index (χ0) is 40.6. The van der Waals surface area contributed by atoms with Crippen molar-refractivity contribution in [1.29, 1.82) is 0 Å². The normalized spacial score (nSPS) is 15.0. The number of imidazole rings is 2. The first kappa shape index (κ1) is 40.0. The first-order valence-electron chi connectivity index (χ1n) is 18.8. The minimum Gasteiger partial charge on any atom is -0.385 e. The maximum atomic E-state index is 13.4. The lowest BCUT2D eigenvalue weighted by atomic mass is 10.1. The minimum absolute atomic E-state index is 0.0905. The Balaban J connectivity index is 0.00000131. The number of fused-ring (bicyclic) bond motifs is 2. The number of para-hydroxylation sites is 1. The summed E-state index contributed by atoms with van der Waals surface area (Å²) in [5.74, 6) is -0.650. The SMILES string of the molecule is CNC=O.CNc1cc(-c2cnn(-c3cccc(C(=O)NCCCCc4cccc5c4n(C)c(=O)n5C(C)CCC=O)c3)c2)nn2c(C(=O)NC3CC3F)cnc12. The number of unbranched alkanes of at least 4 members (excludes halogenated alkanes) is 1. The summed E-state index contributed by atoms with van der Waals surface area (Å²) < 4.78 is 20.0. The van der Waals surface area contributed by atoms with Crippen LogP contribution in [0.15, 0.2) is 71.9 Å². The predicted octanol–water partition coefficient (Wildman–Crippen LogP) is 3.77. The number of hydrogen-bond acceptors (Lipinski definition) is 9. The van der Waals surface area contributed by atoms with Crippen molar-refractivity contribution in [3.8, 4) is 16.9 Å². The van der Waals surface area contributed by atoms with Gasteiger partial charge in [0.25, 0.3) is 11.8 Å². The van der Waals surface area contributed by atoms with Crippen molar-refractivity contribution in [1.82, 2.24) is 49.5 Å². The number of amides is 3. The summed E-state index contributed by atoms with van der Waals surface area (Å²) in [7, 11) is 5.09. The van der Waals surface area contributed by atoms with E-state index in [1.54, 1.807) is 65.6 Å². The van der Waals surface area contributed by atoms with E-state index in [2.05, 4.69) is 36.4 Å². The number of rotatable bonds is 16. The van der Waals surface area contributed by atoms with Crippen molar-refractivity contribution in [3.05, 3.63) is 94.4 Å². The van der Waals surface area contributed by atoms with E-state index in [4.69, 9.17) is 4.79 Å². The molecule has 0 saturated heterocycles. The van der Waals surface area contributed by atoms with Crippen LogP contribution >= 0.6 is 0 Å². The van der Waals surface area contributed by atoms with Gasteiger partial charge in [0, 0.05) is 63.9 Å². The van der Waals surface area contributed by atoms with Crippen molar-refractivity contribution in [2.24, 2.45) is 7.05 Å². The van der Waals surface area contributed by atoms with E-state index in [0.717, 1.165) is 42.1 Å². The molecule has 0 bridgehead atoms. The molecular weight excluding hydrogens is 734 g/mol. The second kappa shape index (κ2) is 17.9. The number of benzene rings is 2. The van der Waals surface area contributed by atoms with Crippen molar-refractivity contribution in [2.45, 2.75) is 63.7 Å². The highest BCUT2D eigenvalue weighted by molar-refractivity contribution is 5.95. The summed E-state index contributed by atoms with van der Waals surface area (Å²) in [4.78, 5) is 63.4. The van der Waals surface area contributed by atoms with Crippen LogP contribution in [0.4, 0.5) is 10.1 Å². The summed E-state index contributed by atoms with van der Waals surface area (Å²) in [5.41, 5.74) is 6.41. The third kappa shape index (κ3) is 8.77. The molecule has 7 rings (SSSR count). The number of halogens is 1. The molecule has 0 aliphatic heterocycles. The molecule has 1 aliphatic rings. The number of carbonyl (C=O) groups excluding carboxylic acids is 4. The van der Waals surface area contributed by atoms with E-state index in [0.29, 0.717) is 66.1 Å². The summed E-state index contributed by atoms with van der Waals surface area (Å²) in [5, 5.41) is 20.2. The summed E-state index contributed by atoms with van der Waals surface area (Å²) in [6, 6.07) is 14.3. The average molecular weight is 780 g/mol. The Labute approximate surface area is 327 Å². The van der Waals surface area contributed by atoms with Crippen LogP contribution in [0.1, 0.15) is 71.5 Å². The van der Waals surface area contributed by atoms with E-state index in [1.807, 2.05) is 37.3 Å². The molecule has 4 N–H and O–H groups in total. The van der Waals surface area contributed by atoms with Gasteiger partial charge in [0.05, 0.1) is 46.5 Å². The van der Waals surface area contributed by atoms with Crippen LogP contribution in [-0.4, -0.2) is 90.9 Å². The molecule has 6 aromatic rings. The first-order valence-corrected chi connectivity index (χ1v) is 18.8. The number of hydrogen-bond donors (Lipinski definition) is 4. The predicted molar refractivity (Wildman–Crippen MR) is 213 cm³/mol. The molecule has 3 atom stereocenters. The van der Waals surface area contributed by atoms with Gasteiger partial charge in [0.1, 0.15) is 12.5 Å². The quantitative estimate of drug-likeness (QED) is 0.0837. The highest BCUT2D eigenvalue weighted by Crippen LogP contribution is 2.28. The Morgan fingerprint density at radius 1 is 1.05 bits per heavy atom. The van der Waals surface area contributed by atoms with Gasteiger partial charge in [0.15, 0.2) is 11.3 Å². The lowest BCUT2D eigenvalue weighted by Gasteiger charge is -2.12. The van der Waals surface area contributed by atoms with E-state index in [9.17, 15) is 23.6 Å². The molecule has 4 aromatic heterocycles. The Kier molecular flexibility index (Phi) is 12.5. The maximum Gasteiger partial charge on any atom is 0.329 e. The molecule has 0 spiro atoms. The van der Waals surface area contributed by atoms with Crippen molar-refractivity contribution in [2.75, 3.05) is 26.0 Å². The van der Waals surface area contributed by atoms with Crippen LogP contribution in [0.2, 0.25) is 0 Å². The Hall–Kier alpha value is -6.65. The van der Waals surface area contributed by atoms with Crippen molar-refractivity contribution < 1.29 is 23.6 Å². The number of aryl methyl sites for hydroxylation is 2. The molecule has 298 valence electrons. The highest BCUT2D eigenvalue weighted by atomic mass is 19.1. The standard InChI is InChI=1S/C38H41FN10O4.C2H5NO/c1-23(9-8-16-50)48-32-14-7-11-24(34(32)46(3)38(48)53)10-4-5-15-41-36(51)25-12-6-13-27(17-25)47-22-26(20-43-47)29-19-31(40-2)35-42-21-33(49(35)45-29)37(52)44-30-18-28(30)39;1-3-2-4/h6-7,11-14,16-17,19-23,28,30,40H,4-5,8-10,15,18H2,1-3H3,(H,41,51)(H,44,52);2H,1H3,(H,3,4). The van der Waals surface area contributed by atoms with Crippen molar-refractivity contribution >= 4 is 46.9 Å². The van der Waals surface area contributed by atoms with Gasteiger partial charge in [0.2, 0.25) is 6.41 Å². The van der Waals surface area contributed by atoms with Gasteiger partial charge in [-0.3, -0.25) is 23.5 Å². The van der Waals surface area contributed by atoms with Crippen LogP contribution in [0.5, 0.6) is 0 Å². The van der Waals surface area contributed by atoms with Gasteiger partial charge in [-0.2, -0.15) is 10.2 Å². The smallest absolute Gasteiger partial charge is 0.329 e. The molecule has 16 nitrogen and oxygen atoms in total. The fourth-order valence-corrected chi connectivity index (χ4v) is 6.72. The van der Waals surface area contributed by atoms with E-state index in [1.165, 1.54) is 10.7 Å². The number of nitrogens with zero attached hydrogens (tertiary/aromatic N) is 7. The van der Waals surface area contributed by atoms with Gasteiger partial charge in [-0.05, 0) is 68.5 Å². The summed E-state index contributed by atoms with van der Waals surface area (Å²) >= 11 is 0. The van der Waals surface area contributed by atoms with Crippen LogP contribution in [-0.2, 0) is 23.1 Å². The maximum absolute atomic E-state index is 13.4. The summed E-state index contributed by atoms with van der Waals surface area (Å²) in [6.07, 6.45) is 8.95. The third-order valence-corrected chi connectivity index (χ3v) is 9.86. The molecule has 3 amide bonds. The molecule has 4 heterocycles. The molecule has 0 radical (unpaired) electrons. The average Bonchev–Trinajstić information content (AvgIpc) is 3.56. The Bertz CT molecular complexity index is 2470. The number of anilines is 1. The van der Waals surface area contributed by atoms with E-state index >= 15 is 0 Å². The second-order valence-corrected chi connectivity index (χ2v) is 13.8. The number of aldehydes is 1. The molecular formula is C40H46FN11O5. The Morgan fingerprint density at radius 2 is 1.82 bits per heavy atom. The van der Waals surface area contributed by atoms with E-state index < -0.39 is 18.1 Å². The molecule has 1 aliphatic carbocycles. The zero-order valence-corrected chi connectivity index (χ0v) is 32.2. The lowest BCUT2D eigenvalue weighted by molar-refractivity contribution is -0.109. The van der Waals surface area contributed by atoms with Crippen LogP contribution in [0.25, 0.3) is 33.6 Å². The number of aromatic nitrogens is 7. The van der Waals surface area contributed by atoms with Crippen molar-refractivity contribution in [3.63, 3.8) is 0 Å². The zero-order valence-electron chi connectivity index (χ0n) is 32.2. The molecule has 1 saturated carbocycles. The van der Waals surface area contributed by atoms with Gasteiger partial charge >= 0.3 is 5.69 Å². The van der Waals surface area contributed by atoms with E-state index in [-0.39, 0.29) is 23.3 Å². The number of nitrogens with one attached hydrogen (secondary N) is 4. The van der Waals surface area contributed by atoms with Gasteiger partial charge in [-0.15, -0.1) is 0 Å². The van der Waals surface area contributed by atoms with Crippen LogP contribution in [0.3, 0.4) is 0 Å². The minimum atomic E-state index is -1.03. The van der Waals surface area contributed by atoms with Gasteiger partial charge in [-0.1, -0.05) is 18.2 Å². The second-order valence-electron chi connectivity index (χ2n) is 13.8. The molecule has 1 fully saturated rings. The van der Waals surface area contributed by atoms with Gasteiger partial charge in [-0.25, -0.2) is 23.4 Å². The molecule has 57 heavy (non-hydrogen) atoms. The topological polar surface area (TPSA) is 191 Å². The largest absolute Gasteiger partial charge is 0.385 e. The van der Waals surface area contributed by atoms with Crippen LogP contribution < -0.4 is 27.0 Å².